The molecule has 6 heteroatoms. The molecule has 28 heavy (non-hydrogen) atoms. The maximum Gasteiger partial charge on any atom is 0.289 e. The first-order valence-electron chi connectivity index (χ1n) is 9.83. The van der Waals surface area contributed by atoms with Crippen molar-refractivity contribution in [1.82, 2.24) is 4.90 Å². The first kappa shape index (κ1) is 20.3. The molecule has 2 atom stereocenters. The fourth-order valence-electron chi connectivity index (χ4n) is 3.49. The quantitative estimate of drug-likeness (QED) is 0.717. The summed E-state index contributed by atoms with van der Waals surface area (Å²) in [5.74, 6) is 2.16. The van der Waals surface area contributed by atoms with Gasteiger partial charge >= 0.3 is 0 Å². The largest absolute Gasteiger partial charge is 0.493 e. The molecule has 0 aliphatic carbocycles. The van der Waals surface area contributed by atoms with E-state index in [9.17, 15) is 4.79 Å². The van der Waals surface area contributed by atoms with Gasteiger partial charge in [0.15, 0.2) is 17.3 Å². The summed E-state index contributed by atoms with van der Waals surface area (Å²) in [4.78, 5) is 14.5. The van der Waals surface area contributed by atoms with Crippen molar-refractivity contribution in [1.29, 1.82) is 0 Å². The highest BCUT2D eigenvalue weighted by Gasteiger charge is 2.28. The molecule has 1 aromatic carbocycles. The lowest BCUT2D eigenvalue weighted by Crippen LogP contribution is -2.48. The van der Waals surface area contributed by atoms with Gasteiger partial charge in [-0.05, 0) is 50.1 Å². The molecule has 1 amide bonds. The Hall–Kier alpha value is -2.47. The van der Waals surface area contributed by atoms with E-state index in [0.29, 0.717) is 36.1 Å². The smallest absolute Gasteiger partial charge is 0.289 e. The summed E-state index contributed by atoms with van der Waals surface area (Å²) in [5.41, 5.74) is 1.21. The molecule has 0 N–H and O–H groups in total. The summed E-state index contributed by atoms with van der Waals surface area (Å²) in [5, 5.41) is 0. The van der Waals surface area contributed by atoms with Crippen molar-refractivity contribution >= 4 is 5.91 Å². The van der Waals surface area contributed by atoms with Crippen LogP contribution in [0.25, 0.3) is 0 Å². The number of amides is 1. The first-order chi connectivity index (χ1) is 13.5. The van der Waals surface area contributed by atoms with Crippen LogP contribution in [0.15, 0.2) is 34.7 Å². The maximum atomic E-state index is 12.7. The molecule has 1 fully saturated rings. The molecule has 1 aliphatic heterocycles. The van der Waals surface area contributed by atoms with E-state index in [2.05, 4.69) is 6.92 Å². The number of ether oxygens (including phenoxy) is 3. The highest BCUT2D eigenvalue weighted by molar-refractivity contribution is 5.91. The van der Waals surface area contributed by atoms with E-state index in [1.807, 2.05) is 32.0 Å². The van der Waals surface area contributed by atoms with E-state index in [-0.39, 0.29) is 24.7 Å². The SMILES string of the molecule is CCCc1ccc(OCc2ccc(C(=O)N3C[C@H](C)O[C@@H](C)C3)o2)c(OC)c1. The van der Waals surface area contributed by atoms with Gasteiger partial charge in [0.2, 0.25) is 0 Å². The highest BCUT2D eigenvalue weighted by Crippen LogP contribution is 2.29. The van der Waals surface area contributed by atoms with Crippen LogP contribution in [0.3, 0.4) is 0 Å². The van der Waals surface area contributed by atoms with Crippen molar-refractivity contribution < 1.29 is 23.4 Å². The van der Waals surface area contributed by atoms with Crippen molar-refractivity contribution in [3.63, 3.8) is 0 Å². The molecule has 2 aromatic rings. The number of nitrogens with zero attached hydrogens (tertiary/aromatic N) is 1. The topological polar surface area (TPSA) is 61.1 Å². The van der Waals surface area contributed by atoms with Crippen LogP contribution in [0.1, 0.15) is 49.1 Å². The molecule has 0 bridgehead atoms. The highest BCUT2D eigenvalue weighted by atomic mass is 16.5. The van der Waals surface area contributed by atoms with Gasteiger partial charge in [-0.2, -0.15) is 0 Å². The number of hydrogen-bond acceptors (Lipinski definition) is 5. The number of carbonyl (C=O) groups is 1. The molecule has 6 nitrogen and oxygen atoms in total. The Morgan fingerprint density at radius 2 is 1.89 bits per heavy atom. The second-order valence-corrected chi connectivity index (χ2v) is 7.26. The fraction of sp³-hybridized carbons (Fsp3) is 0.500. The van der Waals surface area contributed by atoms with E-state index in [0.717, 1.165) is 12.8 Å². The van der Waals surface area contributed by atoms with Crippen molar-refractivity contribution in [2.45, 2.75) is 52.4 Å². The van der Waals surface area contributed by atoms with E-state index < -0.39 is 0 Å². The summed E-state index contributed by atoms with van der Waals surface area (Å²) >= 11 is 0. The van der Waals surface area contributed by atoms with Gasteiger partial charge in [-0.3, -0.25) is 4.79 Å². The average Bonchev–Trinajstić information content (AvgIpc) is 3.14. The molecular weight excluding hydrogens is 358 g/mol. The average molecular weight is 387 g/mol. The van der Waals surface area contributed by atoms with Gasteiger partial charge < -0.3 is 23.5 Å². The van der Waals surface area contributed by atoms with Crippen molar-refractivity contribution in [3.8, 4) is 11.5 Å². The molecule has 0 spiro atoms. The Morgan fingerprint density at radius 1 is 1.14 bits per heavy atom. The monoisotopic (exact) mass is 387 g/mol. The Labute approximate surface area is 166 Å². The minimum absolute atomic E-state index is 0.0219. The third-order valence-corrected chi connectivity index (χ3v) is 4.72. The van der Waals surface area contributed by atoms with Crippen LogP contribution < -0.4 is 9.47 Å². The number of carbonyl (C=O) groups excluding carboxylic acids is 1. The summed E-state index contributed by atoms with van der Waals surface area (Å²) < 4.78 is 22.7. The zero-order chi connectivity index (χ0) is 20.1. The normalized spacial score (nSPS) is 19.5. The number of hydrogen-bond donors (Lipinski definition) is 0. The van der Waals surface area contributed by atoms with E-state index in [1.165, 1.54) is 5.56 Å². The number of methoxy groups -OCH3 is 1. The standard InChI is InChI=1S/C22H29NO5/c1-5-6-17-7-9-19(21(11-17)25-4)26-14-18-8-10-20(28-18)22(24)23-12-15(2)27-16(3)13-23/h7-11,15-16H,5-6,12-14H2,1-4H3/t15-,16-/m0/s1. The van der Waals surface area contributed by atoms with Gasteiger partial charge in [-0.25, -0.2) is 0 Å². The zero-order valence-corrected chi connectivity index (χ0v) is 17.1. The number of furan rings is 1. The van der Waals surface area contributed by atoms with Crippen LogP contribution >= 0.6 is 0 Å². The predicted octanol–water partition coefficient (Wildman–Crippen LogP) is 4.07. The second kappa shape index (κ2) is 9.15. The van der Waals surface area contributed by atoms with E-state index in [1.54, 1.807) is 24.1 Å². The third kappa shape index (κ3) is 4.87. The molecule has 3 rings (SSSR count). The molecule has 1 saturated heterocycles. The van der Waals surface area contributed by atoms with Crippen LogP contribution in [0, 0.1) is 0 Å². The van der Waals surface area contributed by atoms with Crippen LogP contribution in [-0.2, 0) is 17.8 Å². The lowest BCUT2D eigenvalue weighted by atomic mass is 10.1. The summed E-state index contributed by atoms with van der Waals surface area (Å²) in [6.45, 7) is 7.44. The molecule has 2 heterocycles. The number of benzene rings is 1. The van der Waals surface area contributed by atoms with Gasteiger partial charge in [0.05, 0.1) is 19.3 Å². The van der Waals surface area contributed by atoms with Crippen molar-refractivity contribution in [2.24, 2.45) is 0 Å². The Morgan fingerprint density at radius 3 is 2.57 bits per heavy atom. The lowest BCUT2D eigenvalue weighted by molar-refractivity contribution is -0.0592. The van der Waals surface area contributed by atoms with E-state index in [4.69, 9.17) is 18.6 Å². The zero-order valence-electron chi connectivity index (χ0n) is 17.1. The molecule has 0 unspecified atom stereocenters. The third-order valence-electron chi connectivity index (χ3n) is 4.72. The van der Waals surface area contributed by atoms with Crippen LogP contribution in [-0.4, -0.2) is 43.2 Å². The van der Waals surface area contributed by atoms with Gasteiger partial charge in [-0.1, -0.05) is 19.4 Å². The number of aryl methyl sites for hydroxylation is 1. The van der Waals surface area contributed by atoms with Crippen LogP contribution in [0.4, 0.5) is 0 Å². The summed E-state index contributed by atoms with van der Waals surface area (Å²) in [7, 11) is 1.63. The Balaban J connectivity index is 1.63. The minimum Gasteiger partial charge on any atom is -0.493 e. The number of rotatable bonds is 7. The van der Waals surface area contributed by atoms with Gasteiger partial charge in [0.25, 0.3) is 5.91 Å². The maximum absolute atomic E-state index is 12.7. The summed E-state index contributed by atoms with van der Waals surface area (Å²) in [6, 6.07) is 9.43. The van der Waals surface area contributed by atoms with Gasteiger partial charge in [0.1, 0.15) is 12.4 Å². The van der Waals surface area contributed by atoms with Crippen molar-refractivity contribution in [3.05, 3.63) is 47.4 Å². The number of morpholine rings is 1. The van der Waals surface area contributed by atoms with Gasteiger partial charge in [0, 0.05) is 13.1 Å². The lowest BCUT2D eigenvalue weighted by Gasteiger charge is -2.34. The molecule has 0 radical (unpaired) electrons. The Bertz CT molecular complexity index is 790. The molecule has 1 aliphatic rings. The molecule has 0 saturated carbocycles. The Kier molecular flexibility index (Phi) is 6.62. The predicted molar refractivity (Wildman–Crippen MR) is 106 cm³/mol. The first-order valence-corrected chi connectivity index (χ1v) is 9.83. The molecule has 1 aromatic heterocycles. The molecule has 152 valence electrons. The minimum atomic E-state index is -0.116. The van der Waals surface area contributed by atoms with Crippen molar-refractivity contribution in [2.75, 3.05) is 20.2 Å². The summed E-state index contributed by atoms with van der Waals surface area (Å²) in [6.07, 6.45) is 2.12. The van der Waals surface area contributed by atoms with Crippen LogP contribution in [0.5, 0.6) is 11.5 Å². The molecular formula is C22H29NO5. The second-order valence-electron chi connectivity index (χ2n) is 7.26. The van der Waals surface area contributed by atoms with E-state index >= 15 is 0 Å². The fourth-order valence-corrected chi connectivity index (χ4v) is 3.49. The van der Waals surface area contributed by atoms with Gasteiger partial charge in [-0.15, -0.1) is 0 Å². The van der Waals surface area contributed by atoms with Crippen LogP contribution in [0.2, 0.25) is 0 Å².